The molecule has 0 aliphatic rings. The van der Waals surface area contributed by atoms with E-state index in [1.807, 2.05) is 31.7 Å². The Bertz CT molecular complexity index is 6400. The molecule has 0 aliphatic heterocycles. The molecule has 0 atom stereocenters. The van der Waals surface area contributed by atoms with Gasteiger partial charge in [-0.25, -0.2) is 0 Å². The molecule has 8 heteroatoms. The molecule has 8 aromatic heterocycles. The predicted octanol–water partition coefficient (Wildman–Crippen LogP) is 25.5. The Kier molecular flexibility index (Phi) is 24.7. The molecule has 0 N–H and O–H groups in total. The molecule has 16 rings (SSSR count). The SMILES string of the molecule is Cc1cc(C)c(C)c(-c2ccc3ccc(-c4ccc(C(C)C)nc4)cc3[n+]2C)c1.Cc1cc(C)c(C)c(-c2ccc3ccc(-c4ccc(C)nc4)cc3[n+]2C)c1.Cc1cc(C)c(C)c(-c2ccc3ccc(-c4ccc(CC(C)(C)C)nc4)cc3[n+]2C)c1.Cc1cc(C)c(C)c(-c2ccc3ccc(-c4ccc(CC(C)C)nc4)cc3[n+]2C)c1. The lowest BCUT2D eigenvalue weighted by atomic mass is 9.90. The van der Waals surface area contributed by atoms with Crippen molar-refractivity contribution in [2.75, 3.05) is 0 Å². The summed E-state index contributed by atoms with van der Waals surface area (Å²) in [5.41, 5.74) is 45.2. The fourth-order valence-electron chi connectivity index (χ4n) is 16.5. The molecular weight excluding hydrogens is 1420 g/mol. The summed E-state index contributed by atoms with van der Waals surface area (Å²) in [5.74, 6) is 1.07. The molecule has 0 fully saturated rings. The Morgan fingerprint density at radius 1 is 0.282 bits per heavy atom. The van der Waals surface area contributed by atoms with Crippen molar-refractivity contribution in [2.45, 2.75) is 157 Å². The molecule has 590 valence electrons. The van der Waals surface area contributed by atoms with Gasteiger partial charge in [-0.2, -0.15) is 18.3 Å². The van der Waals surface area contributed by atoms with Crippen molar-refractivity contribution in [3.63, 3.8) is 0 Å². The van der Waals surface area contributed by atoms with Gasteiger partial charge in [0.25, 0.3) is 0 Å². The molecule has 0 saturated heterocycles. The van der Waals surface area contributed by atoms with E-state index in [0.29, 0.717) is 11.8 Å². The Labute approximate surface area is 696 Å². The molecule has 117 heavy (non-hydrogen) atoms. The van der Waals surface area contributed by atoms with E-state index in [4.69, 9.17) is 4.98 Å². The van der Waals surface area contributed by atoms with Gasteiger partial charge in [0, 0.05) is 162 Å². The Balaban J connectivity index is 0.000000136. The highest BCUT2D eigenvalue weighted by Crippen LogP contribution is 2.35. The van der Waals surface area contributed by atoms with Gasteiger partial charge in [-0.15, -0.1) is 0 Å². The molecule has 0 saturated carbocycles. The molecular formula is C109H118N8+4. The number of pyridine rings is 8. The molecule has 0 spiro atoms. The third-order valence-corrected chi connectivity index (χ3v) is 23.6. The van der Waals surface area contributed by atoms with E-state index in [2.05, 4.69) is 411 Å². The lowest BCUT2D eigenvalue weighted by Gasteiger charge is -2.17. The number of fused-ring (bicyclic) bond motifs is 4. The standard InChI is InChI=1S/C29H33N2.C28H31N2.C27H29N2.C25H25N2/c1-19-14-20(2)21(3)26(15-19)27-13-11-22-8-9-23(16-28(22)31(27)7)24-10-12-25(30-18-24)17-29(4,5)6;1-18(2)13-25-11-9-24(17-29-25)23-8-7-22-10-12-27(30(6)28(22)16-23)26-15-19(3)14-20(4)21(26)5;1-17(2)25-11-9-23(16-28-25)22-8-7-21-10-12-26(29(6)27(21)15-22)24-14-18(3)13-19(4)20(24)5;1-16-12-17(2)19(4)23(13-16)24-11-10-20-8-9-21(14-25(20)27(24)5)22-7-6-18(3)26-15-22/h8-16,18H,17H2,1-7H3;7-12,14-18H,13H2,1-6H3;7-17H,1-6H3;6-15H,1-5H3/q4*+1. The van der Waals surface area contributed by atoms with Gasteiger partial charge in [-0.05, 0) is 284 Å². The monoisotopic (exact) mass is 1540 g/mol. The van der Waals surface area contributed by atoms with Crippen molar-refractivity contribution in [3.8, 4) is 89.5 Å². The van der Waals surface area contributed by atoms with E-state index in [0.717, 1.165) is 57.9 Å². The second kappa shape index (κ2) is 34.8. The minimum Gasteiger partial charge on any atom is -0.261 e. The number of hydrogen-bond acceptors (Lipinski definition) is 4. The molecule has 0 aliphatic carbocycles. The van der Waals surface area contributed by atoms with Gasteiger partial charge in [-0.3, -0.25) is 19.9 Å². The highest BCUT2D eigenvalue weighted by atomic mass is 15.0. The topological polar surface area (TPSA) is 67.1 Å². The van der Waals surface area contributed by atoms with Crippen molar-refractivity contribution in [1.29, 1.82) is 0 Å². The van der Waals surface area contributed by atoms with Gasteiger partial charge in [0.05, 0.1) is 0 Å². The minimum atomic E-state index is 0.244. The van der Waals surface area contributed by atoms with Gasteiger partial charge in [0.1, 0.15) is 28.2 Å². The maximum atomic E-state index is 4.73. The molecule has 0 bridgehead atoms. The first-order chi connectivity index (χ1) is 55.7. The van der Waals surface area contributed by atoms with Crippen LogP contribution in [0.3, 0.4) is 0 Å². The van der Waals surface area contributed by atoms with Gasteiger partial charge in [-0.1, -0.05) is 144 Å². The zero-order valence-corrected chi connectivity index (χ0v) is 73.7. The number of aromatic nitrogens is 8. The zero-order valence-electron chi connectivity index (χ0n) is 73.7. The molecule has 16 aromatic rings. The third kappa shape index (κ3) is 18.6. The average molecular weight is 1540 g/mol. The first-order valence-electron chi connectivity index (χ1n) is 41.6. The molecule has 0 unspecified atom stereocenters. The van der Waals surface area contributed by atoms with E-state index < -0.39 is 0 Å². The van der Waals surface area contributed by atoms with Crippen molar-refractivity contribution in [3.05, 3.63) is 333 Å². The number of benzene rings is 8. The fourth-order valence-corrected chi connectivity index (χ4v) is 16.5. The Hall–Kier alpha value is -12.0. The van der Waals surface area contributed by atoms with Gasteiger partial charge in [0.15, 0.2) is 0 Å². The number of rotatable bonds is 12. The number of aryl methyl sites for hydroxylation is 13. The Morgan fingerprint density at radius 3 is 0.812 bits per heavy atom. The highest BCUT2D eigenvalue weighted by molar-refractivity contribution is 5.88. The smallest absolute Gasteiger partial charge is 0.213 e. The number of nitrogens with zero attached hydrogens (tertiary/aromatic N) is 8. The van der Waals surface area contributed by atoms with Crippen LogP contribution < -0.4 is 18.3 Å². The summed E-state index contributed by atoms with van der Waals surface area (Å²) in [6.45, 7) is 43.9. The predicted molar refractivity (Wildman–Crippen MR) is 493 cm³/mol. The molecule has 0 radical (unpaired) electrons. The summed E-state index contributed by atoms with van der Waals surface area (Å²) in [4.78, 5) is 18.5. The van der Waals surface area contributed by atoms with Crippen molar-refractivity contribution >= 4 is 43.6 Å². The first-order valence-corrected chi connectivity index (χ1v) is 41.6. The second-order valence-corrected chi connectivity index (χ2v) is 34.9. The van der Waals surface area contributed by atoms with Crippen LogP contribution in [-0.4, -0.2) is 19.9 Å². The second-order valence-electron chi connectivity index (χ2n) is 34.9. The lowest BCUT2D eigenvalue weighted by Crippen LogP contribution is -2.32. The van der Waals surface area contributed by atoms with Crippen LogP contribution in [0.2, 0.25) is 0 Å². The molecule has 8 heterocycles. The van der Waals surface area contributed by atoms with Gasteiger partial charge in [0.2, 0.25) is 44.8 Å². The molecule has 8 nitrogen and oxygen atoms in total. The summed E-state index contributed by atoms with van der Waals surface area (Å²) < 4.78 is 9.26. The minimum absolute atomic E-state index is 0.244. The maximum Gasteiger partial charge on any atom is 0.213 e. The van der Waals surface area contributed by atoms with Gasteiger partial charge >= 0.3 is 0 Å². The van der Waals surface area contributed by atoms with Gasteiger partial charge < -0.3 is 0 Å². The van der Waals surface area contributed by atoms with Crippen LogP contribution in [0.4, 0.5) is 0 Å². The summed E-state index contributed by atoms with van der Waals surface area (Å²) in [6, 6.07) is 80.0. The van der Waals surface area contributed by atoms with Crippen LogP contribution >= 0.6 is 0 Å². The summed E-state index contributed by atoms with van der Waals surface area (Å²) in [6.07, 6.45) is 9.98. The molecule has 8 aromatic carbocycles. The maximum absolute atomic E-state index is 4.73. The van der Waals surface area contributed by atoms with Crippen LogP contribution in [-0.2, 0) is 41.0 Å². The average Bonchev–Trinajstić information content (AvgIpc) is 0.785. The Morgan fingerprint density at radius 2 is 0.556 bits per heavy atom. The van der Waals surface area contributed by atoms with Crippen LogP contribution in [0.1, 0.15) is 144 Å². The van der Waals surface area contributed by atoms with Crippen LogP contribution in [0.15, 0.2) is 243 Å². The van der Waals surface area contributed by atoms with Crippen LogP contribution in [0.5, 0.6) is 0 Å². The highest BCUT2D eigenvalue weighted by Gasteiger charge is 2.24. The zero-order chi connectivity index (χ0) is 83.6. The first kappa shape index (κ1) is 83.0. The van der Waals surface area contributed by atoms with Crippen molar-refractivity contribution in [1.82, 2.24) is 19.9 Å². The third-order valence-electron chi connectivity index (χ3n) is 23.6. The van der Waals surface area contributed by atoms with E-state index in [1.165, 1.54) is 178 Å². The van der Waals surface area contributed by atoms with E-state index in [-0.39, 0.29) is 5.41 Å². The summed E-state index contributed by atoms with van der Waals surface area (Å²) in [5, 5.41) is 4.98. The van der Waals surface area contributed by atoms with E-state index in [9.17, 15) is 0 Å². The fraction of sp³-hybridized carbons (Fsp3) is 0.266. The van der Waals surface area contributed by atoms with Crippen LogP contribution in [0, 0.1) is 101 Å². The summed E-state index contributed by atoms with van der Waals surface area (Å²) >= 11 is 0. The van der Waals surface area contributed by atoms with Crippen molar-refractivity contribution in [2.24, 2.45) is 39.5 Å². The van der Waals surface area contributed by atoms with E-state index in [1.54, 1.807) is 0 Å². The summed E-state index contributed by atoms with van der Waals surface area (Å²) in [7, 11) is 8.66. The quantitative estimate of drug-likeness (QED) is 0.114. The lowest BCUT2D eigenvalue weighted by molar-refractivity contribution is -0.633. The normalized spacial score (nSPS) is 11.5. The van der Waals surface area contributed by atoms with Crippen LogP contribution in [0.25, 0.3) is 133 Å². The molecule has 0 amide bonds. The van der Waals surface area contributed by atoms with E-state index >= 15 is 0 Å². The number of hydrogen-bond donors (Lipinski definition) is 0. The largest absolute Gasteiger partial charge is 0.261 e. The van der Waals surface area contributed by atoms with Crippen molar-refractivity contribution < 1.29 is 18.3 Å².